The molecule has 126 valence electrons. The monoisotopic (exact) mass is 310 g/mol. The highest BCUT2D eigenvalue weighted by molar-refractivity contribution is 5.84. The third-order valence-corrected chi connectivity index (χ3v) is 4.70. The molecule has 0 bridgehead atoms. The minimum absolute atomic E-state index is 0.0187. The van der Waals surface area contributed by atoms with E-state index in [1.165, 1.54) is 0 Å². The topological polar surface area (TPSA) is 87.5 Å². The van der Waals surface area contributed by atoms with Gasteiger partial charge in [-0.2, -0.15) is 0 Å². The number of amides is 2. The van der Waals surface area contributed by atoms with E-state index in [9.17, 15) is 9.59 Å². The Labute approximate surface area is 133 Å². The molecule has 4 atom stereocenters. The van der Waals surface area contributed by atoms with Crippen molar-refractivity contribution < 1.29 is 9.59 Å². The smallest absolute Gasteiger partial charge is 0.239 e. The molecule has 1 aliphatic carbocycles. The predicted octanol–water partition coefficient (Wildman–Crippen LogP) is 0.217. The Kier molecular flexibility index (Phi) is 5.81. The number of hydrogen-bond donors (Lipinski definition) is 3. The zero-order valence-corrected chi connectivity index (χ0v) is 14.0. The lowest BCUT2D eigenvalue weighted by molar-refractivity contribution is -0.133. The van der Waals surface area contributed by atoms with Crippen LogP contribution < -0.4 is 16.4 Å². The summed E-state index contributed by atoms with van der Waals surface area (Å²) in [6.07, 6.45) is 3.54. The first-order valence-corrected chi connectivity index (χ1v) is 8.45. The third kappa shape index (κ3) is 4.20. The van der Waals surface area contributed by atoms with Gasteiger partial charge in [0, 0.05) is 19.5 Å². The molecule has 1 saturated heterocycles. The molecule has 2 rings (SSSR count). The fourth-order valence-corrected chi connectivity index (χ4v) is 3.59. The highest BCUT2D eigenvalue weighted by atomic mass is 16.2. The Morgan fingerprint density at radius 2 is 2.09 bits per heavy atom. The number of likely N-dealkylation sites (tertiary alicyclic amines) is 1. The van der Waals surface area contributed by atoms with Gasteiger partial charge in [0.15, 0.2) is 0 Å². The summed E-state index contributed by atoms with van der Waals surface area (Å²) in [5.41, 5.74) is 5.84. The van der Waals surface area contributed by atoms with Gasteiger partial charge in [-0.05, 0) is 38.1 Å². The number of carbonyl (C=O) groups excluding carboxylic acids is 2. The maximum Gasteiger partial charge on any atom is 0.239 e. The highest BCUT2D eigenvalue weighted by Crippen LogP contribution is 2.27. The van der Waals surface area contributed by atoms with E-state index >= 15 is 0 Å². The van der Waals surface area contributed by atoms with Gasteiger partial charge >= 0.3 is 0 Å². The molecule has 2 amide bonds. The lowest BCUT2D eigenvalue weighted by atomic mass is 9.85. The minimum atomic E-state index is -0.366. The molecule has 0 aromatic rings. The van der Waals surface area contributed by atoms with Crippen LogP contribution in [0.5, 0.6) is 0 Å². The molecule has 2 fully saturated rings. The van der Waals surface area contributed by atoms with Crippen molar-refractivity contribution >= 4 is 11.8 Å². The summed E-state index contributed by atoms with van der Waals surface area (Å²) < 4.78 is 0. The lowest BCUT2D eigenvalue weighted by Gasteiger charge is -2.41. The fourth-order valence-electron chi connectivity index (χ4n) is 3.59. The van der Waals surface area contributed by atoms with Crippen LogP contribution in [0.2, 0.25) is 0 Å². The average Bonchev–Trinajstić information content (AvgIpc) is 2.76. The van der Waals surface area contributed by atoms with Crippen LogP contribution in [0.3, 0.4) is 0 Å². The standard InChI is InChI=1S/C16H30N4O2/c1-10(2)9-18-12-4-5-15(14(8-12)19-11(3)21)20-7-6-13(17)16(20)22/h10,12-15,18H,4-9,17H2,1-3H3,(H,19,21)/t12?,13-,14+,15-/m0/s1. The summed E-state index contributed by atoms with van der Waals surface area (Å²) in [4.78, 5) is 25.6. The minimum Gasteiger partial charge on any atom is -0.351 e. The molecule has 4 N–H and O–H groups in total. The van der Waals surface area contributed by atoms with Crippen molar-refractivity contribution in [1.29, 1.82) is 0 Å². The van der Waals surface area contributed by atoms with Gasteiger partial charge in [-0.1, -0.05) is 13.8 Å². The van der Waals surface area contributed by atoms with Crippen molar-refractivity contribution in [2.24, 2.45) is 11.7 Å². The first-order valence-electron chi connectivity index (χ1n) is 8.45. The number of hydrogen-bond acceptors (Lipinski definition) is 4. The van der Waals surface area contributed by atoms with Crippen LogP contribution in [0.15, 0.2) is 0 Å². The first kappa shape index (κ1) is 17.2. The van der Waals surface area contributed by atoms with Crippen molar-refractivity contribution in [3.8, 4) is 0 Å². The molecule has 1 aliphatic heterocycles. The molecule has 0 radical (unpaired) electrons. The fraction of sp³-hybridized carbons (Fsp3) is 0.875. The Morgan fingerprint density at radius 3 is 2.64 bits per heavy atom. The number of nitrogens with zero attached hydrogens (tertiary/aromatic N) is 1. The normalized spacial score (nSPS) is 32.6. The van der Waals surface area contributed by atoms with Gasteiger partial charge < -0.3 is 21.3 Å². The summed E-state index contributed by atoms with van der Waals surface area (Å²) >= 11 is 0. The molecule has 2 aliphatic rings. The van der Waals surface area contributed by atoms with E-state index < -0.39 is 0 Å². The van der Waals surface area contributed by atoms with E-state index in [1.807, 2.05) is 4.90 Å². The van der Waals surface area contributed by atoms with Crippen molar-refractivity contribution in [1.82, 2.24) is 15.5 Å². The Hall–Kier alpha value is -1.14. The molecule has 6 heteroatoms. The van der Waals surface area contributed by atoms with E-state index in [0.717, 1.165) is 32.2 Å². The molecule has 1 unspecified atom stereocenters. The third-order valence-electron chi connectivity index (χ3n) is 4.70. The zero-order chi connectivity index (χ0) is 16.3. The van der Waals surface area contributed by atoms with Crippen molar-refractivity contribution in [2.75, 3.05) is 13.1 Å². The second-order valence-electron chi connectivity index (χ2n) is 7.11. The van der Waals surface area contributed by atoms with E-state index in [0.29, 0.717) is 18.5 Å². The zero-order valence-electron chi connectivity index (χ0n) is 14.0. The maximum absolute atomic E-state index is 12.2. The van der Waals surface area contributed by atoms with Gasteiger partial charge in [0.25, 0.3) is 0 Å². The van der Waals surface area contributed by atoms with Gasteiger partial charge in [-0.25, -0.2) is 0 Å². The average molecular weight is 310 g/mol. The van der Waals surface area contributed by atoms with E-state index in [1.54, 1.807) is 6.92 Å². The van der Waals surface area contributed by atoms with Crippen LogP contribution in [-0.4, -0.2) is 54.0 Å². The van der Waals surface area contributed by atoms with Gasteiger partial charge in [0.1, 0.15) is 0 Å². The van der Waals surface area contributed by atoms with Gasteiger partial charge in [0.05, 0.1) is 18.1 Å². The Morgan fingerprint density at radius 1 is 1.36 bits per heavy atom. The second-order valence-corrected chi connectivity index (χ2v) is 7.11. The predicted molar refractivity (Wildman–Crippen MR) is 86.2 cm³/mol. The largest absolute Gasteiger partial charge is 0.351 e. The molecule has 0 spiro atoms. The number of nitrogens with two attached hydrogens (primary N) is 1. The van der Waals surface area contributed by atoms with Crippen molar-refractivity contribution in [2.45, 2.75) is 70.6 Å². The lowest BCUT2D eigenvalue weighted by Crippen LogP contribution is -2.58. The molecule has 1 heterocycles. The van der Waals surface area contributed by atoms with Gasteiger partial charge in [-0.15, -0.1) is 0 Å². The molecular formula is C16H30N4O2. The number of rotatable bonds is 5. The highest BCUT2D eigenvalue weighted by Gasteiger charge is 2.40. The van der Waals surface area contributed by atoms with Crippen LogP contribution in [-0.2, 0) is 9.59 Å². The van der Waals surface area contributed by atoms with Crippen LogP contribution in [0.1, 0.15) is 46.5 Å². The molecule has 6 nitrogen and oxygen atoms in total. The number of carbonyl (C=O) groups is 2. The molecule has 0 aromatic heterocycles. The molecular weight excluding hydrogens is 280 g/mol. The number of nitrogens with one attached hydrogen (secondary N) is 2. The summed E-state index contributed by atoms with van der Waals surface area (Å²) in [6, 6.07) is 0.142. The summed E-state index contributed by atoms with van der Waals surface area (Å²) in [5.74, 6) is 0.611. The summed E-state index contributed by atoms with van der Waals surface area (Å²) in [7, 11) is 0. The maximum atomic E-state index is 12.2. The van der Waals surface area contributed by atoms with Gasteiger partial charge in [0.2, 0.25) is 11.8 Å². The van der Waals surface area contributed by atoms with E-state index in [4.69, 9.17) is 5.73 Å². The van der Waals surface area contributed by atoms with E-state index in [-0.39, 0.29) is 29.9 Å². The van der Waals surface area contributed by atoms with Crippen LogP contribution >= 0.6 is 0 Å². The van der Waals surface area contributed by atoms with Crippen molar-refractivity contribution in [3.05, 3.63) is 0 Å². The van der Waals surface area contributed by atoms with E-state index in [2.05, 4.69) is 24.5 Å². The quantitative estimate of drug-likeness (QED) is 0.678. The first-order chi connectivity index (χ1) is 10.4. The van der Waals surface area contributed by atoms with Crippen molar-refractivity contribution in [3.63, 3.8) is 0 Å². The Balaban J connectivity index is 2.00. The Bertz CT molecular complexity index is 413. The van der Waals surface area contributed by atoms with Gasteiger partial charge in [-0.3, -0.25) is 9.59 Å². The second kappa shape index (κ2) is 7.42. The summed E-state index contributed by atoms with van der Waals surface area (Å²) in [5, 5.41) is 6.62. The summed E-state index contributed by atoms with van der Waals surface area (Å²) in [6.45, 7) is 7.61. The van der Waals surface area contributed by atoms with Crippen LogP contribution in [0.25, 0.3) is 0 Å². The van der Waals surface area contributed by atoms with Crippen LogP contribution in [0.4, 0.5) is 0 Å². The molecule has 22 heavy (non-hydrogen) atoms. The van der Waals surface area contributed by atoms with Crippen LogP contribution in [0, 0.1) is 5.92 Å². The molecule has 1 saturated carbocycles. The SMILES string of the molecule is CC(=O)N[C@@H]1CC(NCC(C)C)CC[C@@H]1N1CC[C@H](N)C1=O. The molecule has 0 aromatic carbocycles.